The number of aliphatic hydroxyl groups excluding tert-OH is 1. The van der Waals surface area contributed by atoms with Gasteiger partial charge in [0.05, 0.1) is 12.5 Å². The molecule has 1 rings (SSSR count). The molecule has 0 radical (unpaired) electrons. The molecule has 0 fully saturated rings. The Kier molecular flexibility index (Phi) is 6.36. The molecule has 1 atom stereocenters. The fourth-order valence-corrected chi connectivity index (χ4v) is 2.13. The maximum Gasteiger partial charge on any atom is 0.224 e. The van der Waals surface area contributed by atoms with Crippen LogP contribution < -0.4 is 5.32 Å². The molecule has 1 amide bonds. The summed E-state index contributed by atoms with van der Waals surface area (Å²) in [7, 11) is 0. The third-order valence-electron chi connectivity index (χ3n) is 3.38. The summed E-state index contributed by atoms with van der Waals surface area (Å²) in [5, 5.41) is 22.0. The molecule has 1 aromatic carbocycles. The number of aromatic hydroxyl groups is 1. The van der Waals surface area contributed by atoms with Crippen molar-refractivity contribution in [1.82, 2.24) is 5.32 Å². The van der Waals surface area contributed by atoms with Crippen molar-refractivity contribution in [3.8, 4) is 5.75 Å². The van der Waals surface area contributed by atoms with E-state index >= 15 is 0 Å². The summed E-state index contributed by atoms with van der Waals surface area (Å²) in [4.78, 5) is 11.7. The van der Waals surface area contributed by atoms with Gasteiger partial charge in [0.25, 0.3) is 0 Å². The van der Waals surface area contributed by atoms with E-state index in [9.17, 15) is 15.0 Å². The molecule has 106 valence electrons. The molecule has 0 spiro atoms. The van der Waals surface area contributed by atoms with Gasteiger partial charge in [-0.1, -0.05) is 38.8 Å². The van der Waals surface area contributed by atoms with Gasteiger partial charge in [0.2, 0.25) is 5.91 Å². The molecule has 0 aliphatic rings. The van der Waals surface area contributed by atoms with Crippen molar-refractivity contribution in [3.05, 3.63) is 29.8 Å². The van der Waals surface area contributed by atoms with E-state index in [1.807, 2.05) is 13.8 Å². The Labute approximate surface area is 114 Å². The standard InChI is InChI=1S/C15H23NO3/c1-3-12(4-2)14(18)10-16-15(19)9-11-6-5-7-13(17)8-11/h5-8,12,14,17-18H,3-4,9-10H2,1-2H3,(H,16,19). The third-order valence-corrected chi connectivity index (χ3v) is 3.38. The van der Waals surface area contributed by atoms with Gasteiger partial charge in [0.1, 0.15) is 5.75 Å². The highest BCUT2D eigenvalue weighted by Gasteiger charge is 2.16. The number of hydrogen-bond acceptors (Lipinski definition) is 3. The van der Waals surface area contributed by atoms with Crippen molar-refractivity contribution < 1.29 is 15.0 Å². The van der Waals surface area contributed by atoms with Crippen LogP contribution in [-0.4, -0.2) is 28.8 Å². The number of rotatable bonds is 7. The number of phenols is 1. The van der Waals surface area contributed by atoms with Crippen LogP contribution in [0.3, 0.4) is 0 Å². The summed E-state index contributed by atoms with van der Waals surface area (Å²) in [5.41, 5.74) is 0.759. The summed E-state index contributed by atoms with van der Waals surface area (Å²) in [6, 6.07) is 6.63. The molecule has 0 aromatic heterocycles. The molecule has 0 saturated carbocycles. The summed E-state index contributed by atoms with van der Waals surface area (Å²) in [5.74, 6) is 0.235. The number of carbonyl (C=O) groups excluding carboxylic acids is 1. The van der Waals surface area contributed by atoms with E-state index in [0.717, 1.165) is 18.4 Å². The minimum absolute atomic E-state index is 0.143. The lowest BCUT2D eigenvalue weighted by molar-refractivity contribution is -0.121. The van der Waals surface area contributed by atoms with Crippen LogP contribution in [0.2, 0.25) is 0 Å². The van der Waals surface area contributed by atoms with Gasteiger partial charge in [-0.15, -0.1) is 0 Å². The van der Waals surface area contributed by atoms with E-state index < -0.39 is 6.10 Å². The topological polar surface area (TPSA) is 69.6 Å². The molecule has 1 unspecified atom stereocenters. The average molecular weight is 265 g/mol. The second-order valence-corrected chi connectivity index (χ2v) is 4.79. The van der Waals surface area contributed by atoms with E-state index in [-0.39, 0.29) is 30.5 Å². The quantitative estimate of drug-likeness (QED) is 0.704. The number of benzene rings is 1. The lowest BCUT2D eigenvalue weighted by Gasteiger charge is -2.20. The van der Waals surface area contributed by atoms with Gasteiger partial charge in [0.15, 0.2) is 0 Å². The minimum Gasteiger partial charge on any atom is -0.508 e. The van der Waals surface area contributed by atoms with Crippen LogP contribution in [-0.2, 0) is 11.2 Å². The third kappa shape index (κ3) is 5.30. The fourth-order valence-electron chi connectivity index (χ4n) is 2.13. The predicted molar refractivity (Wildman–Crippen MR) is 74.9 cm³/mol. The van der Waals surface area contributed by atoms with Crippen molar-refractivity contribution in [2.24, 2.45) is 5.92 Å². The first kappa shape index (κ1) is 15.5. The van der Waals surface area contributed by atoms with Crippen molar-refractivity contribution in [1.29, 1.82) is 0 Å². The molecule has 0 saturated heterocycles. The lowest BCUT2D eigenvalue weighted by Crippen LogP contribution is -2.36. The van der Waals surface area contributed by atoms with Crippen molar-refractivity contribution in [3.63, 3.8) is 0 Å². The van der Waals surface area contributed by atoms with Gasteiger partial charge in [-0.3, -0.25) is 4.79 Å². The zero-order chi connectivity index (χ0) is 14.3. The van der Waals surface area contributed by atoms with Gasteiger partial charge in [0, 0.05) is 6.54 Å². The largest absolute Gasteiger partial charge is 0.508 e. The van der Waals surface area contributed by atoms with Crippen LogP contribution in [0.25, 0.3) is 0 Å². The van der Waals surface area contributed by atoms with Crippen molar-refractivity contribution in [2.45, 2.75) is 39.2 Å². The number of aliphatic hydroxyl groups is 1. The van der Waals surface area contributed by atoms with Crippen LogP contribution in [0.5, 0.6) is 5.75 Å². The first-order valence-corrected chi connectivity index (χ1v) is 6.79. The number of carbonyl (C=O) groups is 1. The SMILES string of the molecule is CCC(CC)C(O)CNC(=O)Cc1cccc(O)c1. The second kappa shape index (κ2) is 7.79. The van der Waals surface area contributed by atoms with Crippen molar-refractivity contribution in [2.75, 3.05) is 6.54 Å². The maximum atomic E-state index is 11.7. The first-order chi connectivity index (χ1) is 9.06. The molecule has 0 bridgehead atoms. The highest BCUT2D eigenvalue weighted by molar-refractivity contribution is 5.78. The number of nitrogens with one attached hydrogen (secondary N) is 1. The number of phenolic OH excluding ortho intramolecular Hbond substituents is 1. The maximum absolute atomic E-state index is 11.7. The fraction of sp³-hybridized carbons (Fsp3) is 0.533. The van der Waals surface area contributed by atoms with Gasteiger partial charge in [-0.25, -0.2) is 0 Å². The zero-order valence-electron chi connectivity index (χ0n) is 11.6. The van der Waals surface area contributed by atoms with Crippen LogP contribution in [0.15, 0.2) is 24.3 Å². The van der Waals surface area contributed by atoms with Crippen LogP contribution in [0.1, 0.15) is 32.3 Å². The van der Waals surface area contributed by atoms with Crippen LogP contribution in [0.4, 0.5) is 0 Å². The van der Waals surface area contributed by atoms with E-state index in [4.69, 9.17) is 0 Å². The predicted octanol–water partition coefficient (Wildman–Crippen LogP) is 1.85. The van der Waals surface area contributed by atoms with E-state index in [0.29, 0.717) is 0 Å². The van der Waals surface area contributed by atoms with Crippen molar-refractivity contribution >= 4 is 5.91 Å². The molecular weight excluding hydrogens is 242 g/mol. The molecule has 4 heteroatoms. The van der Waals surface area contributed by atoms with Gasteiger partial charge in [-0.2, -0.15) is 0 Å². The molecule has 19 heavy (non-hydrogen) atoms. The zero-order valence-corrected chi connectivity index (χ0v) is 11.6. The Hall–Kier alpha value is -1.55. The monoisotopic (exact) mass is 265 g/mol. The molecule has 3 N–H and O–H groups in total. The lowest BCUT2D eigenvalue weighted by atomic mass is 9.96. The molecule has 0 aliphatic heterocycles. The molecule has 0 heterocycles. The van der Waals surface area contributed by atoms with Gasteiger partial charge < -0.3 is 15.5 Å². The Morgan fingerprint density at radius 2 is 2.00 bits per heavy atom. The Balaban J connectivity index is 2.39. The molecule has 0 aliphatic carbocycles. The number of hydrogen-bond donors (Lipinski definition) is 3. The highest BCUT2D eigenvalue weighted by atomic mass is 16.3. The van der Waals surface area contributed by atoms with Crippen LogP contribution in [0, 0.1) is 5.92 Å². The van der Waals surface area contributed by atoms with Gasteiger partial charge >= 0.3 is 0 Å². The molecule has 4 nitrogen and oxygen atoms in total. The summed E-state index contributed by atoms with van der Waals surface area (Å²) < 4.78 is 0. The van der Waals surface area contributed by atoms with Crippen LogP contribution >= 0.6 is 0 Å². The molecular formula is C15H23NO3. The smallest absolute Gasteiger partial charge is 0.224 e. The summed E-state index contributed by atoms with van der Waals surface area (Å²) >= 11 is 0. The average Bonchev–Trinajstić information content (AvgIpc) is 2.38. The summed E-state index contributed by atoms with van der Waals surface area (Å²) in [6.45, 7) is 4.35. The normalized spacial score (nSPS) is 12.4. The van der Waals surface area contributed by atoms with E-state index in [1.54, 1.807) is 24.3 Å². The van der Waals surface area contributed by atoms with E-state index in [1.165, 1.54) is 0 Å². The summed E-state index contributed by atoms with van der Waals surface area (Å²) in [6.07, 6.45) is 1.52. The molecule has 1 aromatic rings. The highest BCUT2D eigenvalue weighted by Crippen LogP contribution is 2.13. The Morgan fingerprint density at radius 3 is 2.58 bits per heavy atom. The Morgan fingerprint density at radius 1 is 1.32 bits per heavy atom. The minimum atomic E-state index is -0.497. The second-order valence-electron chi connectivity index (χ2n) is 4.79. The van der Waals surface area contributed by atoms with Gasteiger partial charge in [-0.05, 0) is 23.6 Å². The van der Waals surface area contributed by atoms with E-state index in [2.05, 4.69) is 5.32 Å². The Bertz CT molecular complexity index is 402. The number of amides is 1. The first-order valence-electron chi connectivity index (χ1n) is 6.79.